The van der Waals surface area contributed by atoms with Crippen LogP contribution in [0.25, 0.3) is 0 Å². The molecule has 0 unspecified atom stereocenters. The Bertz CT molecular complexity index is 404. The number of ether oxygens (including phenoxy) is 1. The van der Waals surface area contributed by atoms with Gasteiger partial charge < -0.3 is 10.5 Å². The SMILES string of the molecule is CCCOC(=O)CSCc1ccc(C(N)=S)cc1. The third kappa shape index (κ3) is 5.51. The summed E-state index contributed by atoms with van der Waals surface area (Å²) in [4.78, 5) is 11.7. The minimum absolute atomic E-state index is 0.151. The van der Waals surface area contributed by atoms with Crippen LogP contribution in [0.15, 0.2) is 24.3 Å². The normalized spacial score (nSPS) is 10.1. The van der Waals surface area contributed by atoms with Crippen LogP contribution in [0.3, 0.4) is 0 Å². The van der Waals surface area contributed by atoms with E-state index in [1.807, 2.05) is 31.2 Å². The molecule has 0 amide bonds. The number of carbonyl (C=O) groups excluding carboxylic acids is 1. The van der Waals surface area contributed by atoms with E-state index < -0.39 is 0 Å². The van der Waals surface area contributed by atoms with Gasteiger partial charge >= 0.3 is 5.97 Å². The van der Waals surface area contributed by atoms with Crippen molar-refractivity contribution in [1.29, 1.82) is 0 Å². The van der Waals surface area contributed by atoms with Crippen LogP contribution in [0.5, 0.6) is 0 Å². The highest BCUT2D eigenvalue weighted by Gasteiger charge is 2.03. The molecular weight excluding hydrogens is 266 g/mol. The number of nitrogens with two attached hydrogens (primary N) is 1. The average molecular weight is 283 g/mol. The Hall–Kier alpha value is -1.07. The van der Waals surface area contributed by atoms with Crippen LogP contribution < -0.4 is 5.73 Å². The molecule has 0 heterocycles. The van der Waals surface area contributed by atoms with Crippen molar-refractivity contribution in [3.05, 3.63) is 35.4 Å². The first-order valence-electron chi connectivity index (χ1n) is 5.75. The number of hydrogen-bond acceptors (Lipinski definition) is 4. The molecule has 0 aromatic heterocycles. The maximum Gasteiger partial charge on any atom is 0.315 e. The van der Waals surface area contributed by atoms with Crippen molar-refractivity contribution in [2.45, 2.75) is 19.1 Å². The fraction of sp³-hybridized carbons (Fsp3) is 0.385. The Labute approximate surface area is 117 Å². The van der Waals surface area contributed by atoms with Gasteiger partial charge in [-0.05, 0) is 12.0 Å². The van der Waals surface area contributed by atoms with Crippen molar-refractivity contribution in [1.82, 2.24) is 0 Å². The van der Waals surface area contributed by atoms with Gasteiger partial charge in [-0.15, -0.1) is 11.8 Å². The van der Waals surface area contributed by atoms with Gasteiger partial charge in [0.25, 0.3) is 0 Å². The van der Waals surface area contributed by atoms with Gasteiger partial charge in [-0.2, -0.15) is 0 Å². The highest BCUT2D eigenvalue weighted by molar-refractivity contribution is 7.99. The number of carbonyl (C=O) groups is 1. The molecule has 0 atom stereocenters. The molecule has 0 aliphatic heterocycles. The minimum Gasteiger partial charge on any atom is -0.465 e. The lowest BCUT2D eigenvalue weighted by Gasteiger charge is -2.04. The van der Waals surface area contributed by atoms with Gasteiger partial charge in [-0.25, -0.2) is 0 Å². The van der Waals surface area contributed by atoms with Gasteiger partial charge in [0.05, 0.1) is 12.4 Å². The first-order valence-corrected chi connectivity index (χ1v) is 7.32. The molecule has 18 heavy (non-hydrogen) atoms. The van der Waals surface area contributed by atoms with Crippen molar-refractivity contribution in [3.63, 3.8) is 0 Å². The number of esters is 1. The highest BCUT2D eigenvalue weighted by Crippen LogP contribution is 2.13. The fourth-order valence-electron chi connectivity index (χ4n) is 1.28. The fourth-order valence-corrected chi connectivity index (χ4v) is 2.19. The van der Waals surface area contributed by atoms with Crippen molar-refractivity contribution in [2.75, 3.05) is 12.4 Å². The molecule has 0 saturated carbocycles. The first-order chi connectivity index (χ1) is 8.63. The van der Waals surface area contributed by atoms with Crippen LogP contribution in [0.4, 0.5) is 0 Å². The van der Waals surface area contributed by atoms with Crippen LogP contribution >= 0.6 is 24.0 Å². The van der Waals surface area contributed by atoms with E-state index in [2.05, 4.69) is 0 Å². The number of rotatable bonds is 7. The summed E-state index contributed by atoms with van der Waals surface area (Å²) >= 11 is 6.42. The number of benzene rings is 1. The molecule has 0 radical (unpaired) electrons. The van der Waals surface area contributed by atoms with E-state index in [1.54, 1.807) is 11.8 Å². The molecular formula is C13H17NO2S2. The predicted molar refractivity (Wildman–Crippen MR) is 79.7 cm³/mol. The predicted octanol–water partition coefficient (Wildman–Crippen LogP) is 2.51. The standard InChI is InChI=1S/C13H17NO2S2/c1-2-7-16-12(15)9-18-8-10-3-5-11(6-4-10)13(14)17/h3-6H,2,7-9H2,1H3,(H2,14,17). The molecule has 1 aromatic carbocycles. The Kier molecular flexibility index (Phi) is 6.75. The van der Waals surface area contributed by atoms with Gasteiger partial charge in [-0.1, -0.05) is 43.4 Å². The van der Waals surface area contributed by atoms with E-state index in [4.69, 9.17) is 22.7 Å². The third-order valence-corrected chi connectivity index (χ3v) is 3.41. The van der Waals surface area contributed by atoms with Crippen LogP contribution in [0, 0.1) is 0 Å². The number of hydrogen-bond donors (Lipinski definition) is 1. The summed E-state index contributed by atoms with van der Waals surface area (Å²) in [6.07, 6.45) is 0.858. The summed E-state index contributed by atoms with van der Waals surface area (Å²) < 4.78 is 4.99. The van der Waals surface area contributed by atoms with E-state index in [0.717, 1.165) is 23.3 Å². The summed E-state index contributed by atoms with van der Waals surface area (Å²) in [6.45, 7) is 2.48. The third-order valence-electron chi connectivity index (χ3n) is 2.19. The monoisotopic (exact) mass is 283 g/mol. The molecule has 0 aliphatic rings. The van der Waals surface area contributed by atoms with Crippen LogP contribution in [0.2, 0.25) is 0 Å². The van der Waals surface area contributed by atoms with Crippen molar-refractivity contribution in [3.8, 4) is 0 Å². The molecule has 0 fully saturated rings. The molecule has 0 saturated heterocycles. The Morgan fingerprint density at radius 2 is 2.06 bits per heavy atom. The van der Waals surface area contributed by atoms with Crippen LogP contribution in [-0.2, 0) is 15.3 Å². The van der Waals surface area contributed by atoms with Crippen molar-refractivity contribution in [2.24, 2.45) is 5.73 Å². The van der Waals surface area contributed by atoms with Gasteiger partial charge in [0.1, 0.15) is 4.99 Å². The zero-order chi connectivity index (χ0) is 13.4. The molecule has 2 N–H and O–H groups in total. The van der Waals surface area contributed by atoms with Gasteiger partial charge in [-0.3, -0.25) is 4.79 Å². The van der Waals surface area contributed by atoms with Gasteiger partial charge in [0.15, 0.2) is 0 Å². The zero-order valence-electron chi connectivity index (χ0n) is 10.3. The number of thiocarbonyl (C=S) groups is 1. The molecule has 98 valence electrons. The minimum atomic E-state index is -0.151. The Morgan fingerprint density at radius 1 is 1.39 bits per heavy atom. The maximum atomic E-state index is 11.3. The molecule has 3 nitrogen and oxygen atoms in total. The van der Waals surface area contributed by atoms with E-state index in [-0.39, 0.29) is 5.97 Å². The summed E-state index contributed by atoms with van der Waals surface area (Å²) in [5, 5.41) is 0. The van der Waals surface area contributed by atoms with Crippen molar-refractivity contribution >= 4 is 34.9 Å². The second kappa shape index (κ2) is 8.11. The summed E-state index contributed by atoms with van der Waals surface area (Å²) in [7, 11) is 0. The van der Waals surface area contributed by atoms with Crippen LogP contribution in [0.1, 0.15) is 24.5 Å². The lowest BCUT2D eigenvalue weighted by molar-refractivity contribution is -0.140. The highest BCUT2D eigenvalue weighted by atomic mass is 32.2. The Balaban J connectivity index is 2.31. The second-order valence-corrected chi connectivity index (χ2v) is 5.20. The molecule has 0 bridgehead atoms. The van der Waals surface area contributed by atoms with Gasteiger partial charge in [0.2, 0.25) is 0 Å². The molecule has 1 aromatic rings. The summed E-state index contributed by atoms with van der Waals surface area (Å²) in [6, 6.07) is 7.74. The summed E-state index contributed by atoms with van der Waals surface area (Å²) in [5.74, 6) is 1.01. The molecule has 5 heteroatoms. The second-order valence-electron chi connectivity index (χ2n) is 3.77. The quantitative estimate of drug-likeness (QED) is 0.615. The van der Waals surface area contributed by atoms with E-state index >= 15 is 0 Å². The smallest absolute Gasteiger partial charge is 0.315 e. The largest absolute Gasteiger partial charge is 0.465 e. The lowest BCUT2D eigenvalue weighted by atomic mass is 10.1. The molecule has 0 spiro atoms. The van der Waals surface area contributed by atoms with E-state index in [0.29, 0.717) is 17.3 Å². The summed E-state index contributed by atoms with van der Waals surface area (Å²) in [5.41, 5.74) is 7.52. The zero-order valence-corrected chi connectivity index (χ0v) is 12.0. The van der Waals surface area contributed by atoms with E-state index in [1.165, 1.54) is 0 Å². The van der Waals surface area contributed by atoms with E-state index in [9.17, 15) is 4.79 Å². The first kappa shape index (κ1) is 15.0. The topological polar surface area (TPSA) is 52.3 Å². The molecule has 1 rings (SSSR count). The Morgan fingerprint density at radius 3 is 2.61 bits per heavy atom. The lowest BCUT2D eigenvalue weighted by Crippen LogP contribution is -2.09. The average Bonchev–Trinajstić information content (AvgIpc) is 2.37. The number of thioether (sulfide) groups is 1. The molecule has 0 aliphatic carbocycles. The maximum absolute atomic E-state index is 11.3. The van der Waals surface area contributed by atoms with Crippen LogP contribution in [-0.4, -0.2) is 23.3 Å². The van der Waals surface area contributed by atoms with Gasteiger partial charge in [0, 0.05) is 11.3 Å². The van der Waals surface area contributed by atoms with Crippen molar-refractivity contribution < 1.29 is 9.53 Å².